The van der Waals surface area contributed by atoms with Crippen LogP contribution >= 0.6 is 15.6 Å². The molecule has 594 valence electrons. The molecule has 0 fully saturated rings. The second-order valence-electron chi connectivity index (χ2n) is 30.1. The molecular weight excluding hydrogens is 1310 g/mol. The van der Waals surface area contributed by atoms with Crippen molar-refractivity contribution >= 4 is 39.5 Å². The number of phosphoric ester groups is 2. The smallest absolute Gasteiger partial charge is 0.462 e. The lowest BCUT2D eigenvalue weighted by atomic mass is 10.0. The van der Waals surface area contributed by atoms with Crippen LogP contribution in [-0.2, 0) is 65.4 Å². The Morgan fingerprint density at radius 3 is 0.680 bits per heavy atom. The number of carbonyl (C=O) groups is 4. The van der Waals surface area contributed by atoms with Crippen molar-refractivity contribution in [3.05, 3.63) is 0 Å². The fraction of sp³-hybridized carbons (Fsp3) is 0.951. The third-order valence-corrected chi connectivity index (χ3v) is 20.9. The van der Waals surface area contributed by atoms with Crippen molar-refractivity contribution in [2.45, 2.75) is 445 Å². The SMILES string of the molecule is CCCCCCCCCCCCCCCCCCCCCCC(=O)O[C@H](COC(=O)CCCCCCCCCCCCCCC(C)C)COP(=O)(O)OC[C@@H](O)COP(=O)(O)OC[C@@H](COC(=O)CCCCCCCCCCCC(C)C)OC(=O)CCCCCCCCCCCCCCC. The van der Waals surface area contributed by atoms with Gasteiger partial charge in [-0.3, -0.25) is 37.3 Å². The zero-order valence-corrected chi connectivity index (χ0v) is 67.3. The van der Waals surface area contributed by atoms with Crippen LogP contribution in [0, 0.1) is 11.8 Å². The van der Waals surface area contributed by atoms with Gasteiger partial charge >= 0.3 is 39.5 Å². The fourth-order valence-electron chi connectivity index (χ4n) is 12.5. The van der Waals surface area contributed by atoms with Crippen molar-refractivity contribution in [1.29, 1.82) is 0 Å². The van der Waals surface area contributed by atoms with Gasteiger partial charge < -0.3 is 33.8 Å². The Hall–Kier alpha value is -1.94. The summed E-state index contributed by atoms with van der Waals surface area (Å²) in [5.74, 6) is -0.582. The molecule has 0 amide bonds. The maximum absolute atomic E-state index is 13.1. The van der Waals surface area contributed by atoms with Crippen LogP contribution in [0.5, 0.6) is 0 Å². The van der Waals surface area contributed by atoms with Gasteiger partial charge in [0.2, 0.25) is 0 Å². The molecule has 3 N–H and O–H groups in total. The molecule has 0 aromatic heterocycles. The molecule has 0 bridgehead atoms. The number of phosphoric acid groups is 2. The standard InChI is InChI=1S/C81H158O17P2/c1-7-9-11-13-15-17-19-21-22-23-24-25-26-27-29-35-41-48-54-60-66-81(86)97-76(69-91-78(83)63-57-51-45-39-33-31-30-32-37-43-49-55-61-73(3)4)71-95-99(87,88)93-67-75(82)68-94-100(89,90)96-72-77(70-92-79(84)64-58-52-46-42-36-38-44-50-56-62-74(5)6)98-80(85)65-59-53-47-40-34-28-20-18-16-14-12-10-8-2/h73-77,82H,7-72H2,1-6H3,(H,87,88)(H,89,90)/t75-,76-,77-/m1/s1. The molecule has 0 heterocycles. The van der Waals surface area contributed by atoms with Crippen molar-refractivity contribution in [1.82, 2.24) is 0 Å². The van der Waals surface area contributed by atoms with Crippen molar-refractivity contribution < 1.29 is 80.2 Å². The maximum Gasteiger partial charge on any atom is 0.472 e. The van der Waals surface area contributed by atoms with E-state index in [1.165, 1.54) is 244 Å². The highest BCUT2D eigenvalue weighted by molar-refractivity contribution is 7.47. The van der Waals surface area contributed by atoms with E-state index < -0.39 is 97.5 Å². The van der Waals surface area contributed by atoms with Gasteiger partial charge in [0.15, 0.2) is 12.2 Å². The number of ether oxygens (including phenoxy) is 4. The van der Waals surface area contributed by atoms with E-state index >= 15 is 0 Å². The van der Waals surface area contributed by atoms with Gasteiger partial charge in [0.25, 0.3) is 0 Å². The molecule has 0 aromatic rings. The molecule has 0 spiro atoms. The molecule has 2 unspecified atom stereocenters. The lowest BCUT2D eigenvalue weighted by Gasteiger charge is -2.21. The Morgan fingerprint density at radius 2 is 0.460 bits per heavy atom. The molecule has 0 aliphatic heterocycles. The van der Waals surface area contributed by atoms with Crippen LogP contribution in [0.15, 0.2) is 0 Å². The third kappa shape index (κ3) is 74.3. The Balaban J connectivity index is 5.24. The molecule has 5 atom stereocenters. The maximum atomic E-state index is 13.1. The topological polar surface area (TPSA) is 237 Å². The predicted octanol–water partition coefficient (Wildman–Crippen LogP) is 24.3. The molecule has 0 saturated heterocycles. The summed E-state index contributed by atoms with van der Waals surface area (Å²) < 4.78 is 68.7. The van der Waals surface area contributed by atoms with Crippen LogP contribution in [0.2, 0.25) is 0 Å². The Bertz CT molecular complexity index is 1920. The van der Waals surface area contributed by atoms with Crippen LogP contribution in [0.4, 0.5) is 0 Å². The summed E-state index contributed by atoms with van der Waals surface area (Å²) in [4.78, 5) is 73.0. The summed E-state index contributed by atoms with van der Waals surface area (Å²) >= 11 is 0. The molecule has 0 aliphatic carbocycles. The first kappa shape index (κ1) is 98.1. The highest BCUT2D eigenvalue weighted by Crippen LogP contribution is 2.45. The predicted molar refractivity (Wildman–Crippen MR) is 409 cm³/mol. The first-order valence-electron chi connectivity index (χ1n) is 42.0. The second kappa shape index (κ2) is 72.6. The summed E-state index contributed by atoms with van der Waals surface area (Å²) in [6.07, 6.45) is 62.4. The normalized spacial score (nSPS) is 13.9. The summed E-state index contributed by atoms with van der Waals surface area (Å²) in [5.41, 5.74) is 0. The molecule has 19 heteroatoms. The zero-order valence-electron chi connectivity index (χ0n) is 65.5. The molecule has 17 nitrogen and oxygen atoms in total. The van der Waals surface area contributed by atoms with Gasteiger partial charge in [-0.1, -0.05) is 375 Å². The van der Waals surface area contributed by atoms with Gasteiger partial charge in [0.1, 0.15) is 19.3 Å². The molecule has 0 rings (SSSR count). The average molecular weight is 1470 g/mol. The third-order valence-electron chi connectivity index (χ3n) is 19.0. The molecule has 0 aromatic carbocycles. The average Bonchev–Trinajstić information content (AvgIpc) is 0.938. The van der Waals surface area contributed by atoms with Crippen molar-refractivity contribution in [2.75, 3.05) is 39.6 Å². The van der Waals surface area contributed by atoms with Gasteiger partial charge in [-0.15, -0.1) is 0 Å². The van der Waals surface area contributed by atoms with Crippen molar-refractivity contribution in [3.8, 4) is 0 Å². The van der Waals surface area contributed by atoms with E-state index in [9.17, 15) is 43.2 Å². The lowest BCUT2D eigenvalue weighted by molar-refractivity contribution is -0.161. The van der Waals surface area contributed by atoms with E-state index in [0.29, 0.717) is 25.7 Å². The minimum absolute atomic E-state index is 0.107. The number of hydrogen-bond acceptors (Lipinski definition) is 15. The largest absolute Gasteiger partial charge is 0.472 e. The van der Waals surface area contributed by atoms with E-state index in [2.05, 4.69) is 41.5 Å². The Morgan fingerprint density at radius 1 is 0.270 bits per heavy atom. The van der Waals surface area contributed by atoms with Crippen molar-refractivity contribution in [2.24, 2.45) is 11.8 Å². The molecule has 0 radical (unpaired) electrons. The Labute approximate surface area is 613 Å². The number of hydrogen-bond donors (Lipinski definition) is 3. The summed E-state index contributed by atoms with van der Waals surface area (Å²) in [7, 11) is -9.92. The summed E-state index contributed by atoms with van der Waals surface area (Å²) in [6.45, 7) is 9.63. The molecule has 0 aliphatic rings. The van der Waals surface area contributed by atoms with E-state index in [0.717, 1.165) is 102 Å². The molecular formula is C81H158O17P2. The van der Waals surface area contributed by atoms with Gasteiger partial charge in [0.05, 0.1) is 26.4 Å². The quantitative estimate of drug-likeness (QED) is 0.0222. The van der Waals surface area contributed by atoms with Crippen LogP contribution in [0.3, 0.4) is 0 Å². The number of carbonyl (C=O) groups excluding carboxylic acids is 4. The minimum Gasteiger partial charge on any atom is -0.462 e. The number of aliphatic hydroxyl groups is 1. The second-order valence-corrected chi connectivity index (χ2v) is 33.0. The number of rotatable bonds is 80. The van der Waals surface area contributed by atoms with Crippen LogP contribution in [-0.4, -0.2) is 96.7 Å². The van der Waals surface area contributed by atoms with E-state index in [1.54, 1.807) is 0 Å². The minimum atomic E-state index is -4.96. The molecule has 100 heavy (non-hydrogen) atoms. The number of unbranched alkanes of at least 4 members (excludes halogenated alkanes) is 50. The van der Waals surface area contributed by atoms with Gasteiger partial charge in [0, 0.05) is 25.7 Å². The van der Waals surface area contributed by atoms with E-state index in [4.69, 9.17) is 37.0 Å². The van der Waals surface area contributed by atoms with Gasteiger partial charge in [-0.05, 0) is 37.5 Å². The van der Waals surface area contributed by atoms with Crippen LogP contribution in [0.1, 0.15) is 427 Å². The summed E-state index contributed by atoms with van der Waals surface area (Å²) in [5, 5.41) is 10.6. The number of aliphatic hydroxyl groups excluding tert-OH is 1. The van der Waals surface area contributed by atoms with E-state index in [-0.39, 0.29) is 25.7 Å². The van der Waals surface area contributed by atoms with Crippen LogP contribution in [0.25, 0.3) is 0 Å². The first-order valence-corrected chi connectivity index (χ1v) is 45.0. The van der Waals surface area contributed by atoms with Gasteiger partial charge in [-0.2, -0.15) is 0 Å². The fourth-order valence-corrected chi connectivity index (χ4v) is 14.1. The first-order chi connectivity index (χ1) is 48.4. The van der Waals surface area contributed by atoms with Crippen LogP contribution < -0.4 is 0 Å². The molecule has 0 saturated carbocycles. The monoisotopic (exact) mass is 1470 g/mol. The lowest BCUT2D eigenvalue weighted by Crippen LogP contribution is -2.30. The highest BCUT2D eigenvalue weighted by Gasteiger charge is 2.30. The Kier molecular flexibility index (Phi) is 71.2. The van der Waals surface area contributed by atoms with Gasteiger partial charge in [-0.25, -0.2) is 9.13 Å². The number of esters is 4. The van der Waals surface area contributed by atoms with E-state index in [1.807, 2.05) is 0 Å². The summed E-state index contributed by atoms with van der Waals surface area (Å²) in [6, 6.07) is 0. The van der Waals surface area contributed by atoms with Crippen molar-refractivity contribution in [3.63, 3.8) is 0 Å². The zero-order chi connectivity index (χ0) is 73.5. The highest BCUT2D eigenvalue weighted by atomic mass is 31.2.